The molecule has 0 aliphatic carbocycles. The Hall–Kier alpha value is -2.12. The highest BCUT2D eigenvalue weighted by atomic mass is 35.5. The van der Waals surface area contributed by atoms with Crippen LogP contribution < -0.4 is 0 Å². The van der Waals surface area contributed by atoms with E-state index in [9.17, 15) is 4.79 Å². The molecule has 1 aromatic carbocycles. The molecule has 2 aliphatic rings. The molecule has 8 heteroatoms. The van der Waals surface area contributed by atoms with Gasteiger partial charge in [0, 0.05) is 12.6 Å². The van der Waals surface area contributed by atoms with E-state index < -0.39 is 5.60 Å². The number of rotatable bonds is 4. The maximum Gasteiger partial charge on any atom is 0.410 e. The second kappa shape index (κ2) is 9.17. The number of halogens is 1. The first-order chi connectivity index (χ1) is 14.8. The highest BCUT2D eigenvalue weighted by molar-refractivity contribution is 6.33. The number of ether oxygens (including phenoxy) is 1. The van der Waals surface area contributed by atoms with Crippen molar-refractivity contribution in [3.05, 3.63) is 35.2 Å². The first-order valence-electron chi connectivity index (χ1n) is 11.1. The van der Waals surface area contributed by atoms with Crippen molar-refractivity contribution < 1.29 is 13.9 Å². The third kappa shape index (κ3) is 5.21. The Labute approximate surface area is 188 Å². The van der Waals surface area contributed by atoms with Crippen molar-refractivity contribution in [2.24, 2.45) is 0 Å². The van der Waals surface area contributed by atoms with Gasteiger partial charge in [-0.1, -0.05) is 30.2 Å². The molecular formula is C23H31ClN4O3. The number of amides is 1. The minimum Gasteiger partial charge on any atom is -0.444 e. The Kier molecular flexibility index (Phi) is 6.53. The van der Waals surface area contributed by atoms with Crippen LogP contribution in [0.3, 0.4) is 0 Å². The number of nitrogens with zero attached hydrogens (tertiary/aromatic N) is 4. The second-order valence-electron chi connectivity index (χ2n) is 9.40. The Morgan fingerprint density at radius 3 is 2.68 bits per heavy atom. The number of aromatic nitrogens is 2. The minimum atomic E-state index is -0.491. The molecule has 7 nitrogen and oxygen atoms in total. The molecular weight excluding hydrogens is 416 g/mol. The first-order valence-corrected chi connectivity index (χ1v) is 11.5. The van der Waals surface area contributed by atoms with E-state index in [2.05, 4.69) is 15.1 Å². The lowest BCUT2D eigenvalue weighted by molar-refractivity contribution is 0.00540. The monoisotopic (exact) mass is 446 g/mol. The van der Waals surface area contributed by atoms with Crippen molar-refractivity contribution in [1.82, 2.24) is 20.0 Å². The highest BCUT2D eigenvalue weighted by Crippen LogP contribution is 2.32. The van der Waals surface area contributed by atoms with Gasteiger partial charge < -0.3 is 14.1 Å². The Morgan fingerprint density at radius 2 is 1.90 bits per heavy atom. The Morgan fingerprint density at radius 1 is 1.13 bits per heavy atom. The predicted octanol–water partition coefficient (Wildman–Crippen LogP) is 5.14. The summed E-state index contributed by atoms with van der Waals surface area (Å²) in [6, 6.07) is 7.88. The molecule has 2 aliphatic heterocycles. The fourth-order valence-electron chi connectivity index (χ4n) is 4.62. The summed E-state index contributed by atoms with van der Waals surface area (Å²) in [6.45, 7) is 8.01. The van der Waals surface area contributed by atoms with Gasteiger partial charge in [0.15, 0.2) is 0 Å². The van der Waals surface area contributed by atoms with E-state index in [1.807, 2.05) is 49.9 Å². The largest absolute Gasteiger partial charge is 0.444 e. The zero-order valence-corrected chi connectivity index (χ0v) is 19.3. The van der Waals surface area contributed by atoms with Gasteiger partial charge in [-0.15, -0.1) is 10.2 Å². The predicted molar refractivity (Wildman–Crippen MR) is 119 cm³/mol. The van der Waals surface area contributed by atoms with Crippen molar-refractivity contribution in [2.75, 3.05) is 13.1 Å². The fourth-order valence-corrected chi connectivity index (χ4v) is 4.84. The summed E-state index contributed by atoms with van der Waals surface area (Å²) < 4.78 is 11.6. The number of carbonyl (C=O) groups excluding carboxylic acids is 1. The molecule has 1 aromatic heterocycles. The molecule has 2 aromatic rings. The quantitative estimate of drug-likeness (QED) is 0.647. The van der Waals surface area contributed by atoms with Crippen molar-refractivity contribution in [3.63, 3.8) is 0 Å². The number of likely N-dealkylation sites (tertiary alicyclic amines) is 2. The van der Waals surface area contributed by atoms with Crippen molar-refractivity contribution in [3.8, 4) is 11.5 Å². The average Bonchev–Trinajstić information content (AvgIpc) is 3.37. The SMILES string of the molecule is CC(C)(C)OC(=O)N1CCC[C@H]1[C@H]1CCCCN1Cc1nnc(-c2ccccc2Cl)o1. The number of carbonyl (C=O) groups is 1. The Balaban J connectivity index is 1.48. The van der Waals surface area contributed by atoms with E-state index in [0.717, 1.165) is 50.8 Å². The van der Waals surface area contributed by atoms with Gasteiger partial charge in [-0.2, -0.15) is 0 Å². The molecule has 1 amide bonds. The van der Waals surface area contributed by atoms with E-state index >= 15 is 0 Å². The molecule has 0 spiro atoms. The summed E-state index contributed by atoms with van der Waals surface area (Å²) >= 11 is 6.27. The van der Waals surface area contributed by atoms with Gasteiger partial charge >= 0.3 is 6.09 Å². The number of hydrogen-bond donors (Lipinski definition) is 0. The lowest BCUT2D eigenvalue weighted by Crippen LogP contribution is -2.53. The van der Waals surface area contributed by atoms with E-state index in [-0.39, 0.29) is 18.2 Å². The number of piperidine rings is 1. The summed E-state index contributed by atoms with van der Waals surface area (Å²) in [7, 11) is 0. The van der Waals surface area contributed by atoms with Gasteiger partial charge in [0.2, 0.25) is 11.8 Å². The van der Waals surface area contributed by atoms with Crippen LogP contribution in [0.2, 0.25) is 5.02 Å². The third-order valence-electron chi connectivity index (χ3n) is 5.95. The smallest absolute Gasteiger partial charge is 0.410 e. The summed E-state index contributed by atoms with van der Waals surface area (Å²) in [5, 5.41) is 9.07. The van der Waals surface area contributed by atoms with Gasteiger partial charge in [-0.25, -0.2) is 4.79 Å². The van der Waals surface area contributed by atoms with Gasteiger partial charge in [0.25, 0.3) is 0 Å². The van der Waals surface area contributed by atoms with Crippen LogP contribution in [0.5, 0.6) is 0 Å². The van der Waals surface area contributed by atoms with Crippen molar-refractivity contribution in [2.45, 2.75) is 77.1 Å². The van der Waals surface area contributed by atoms with Gasteiger partial charge in [-0.3, -0.25) is 4.90 Å². The zero-order valence-electron chi connectivity index (χ0n) is 18.5. The van der Waals surface area contributed by atoms with E-state index in [1.165, 1.54) is 0 Å². The normalized spacial score (nSPS) is 22.6. The Bertz CT molecular complexity index is 910. The minimum absolute atomic E-state index is 0.154. The van der Waals surface area contributed by atoms with Crippen LogP contribution in [0, 0.1) is 0 Å². The molecule has 3 heterocycles. The molecule has 0 saturated carbocycles. The maximum absolute atomic E-state index is 12.8. The number of benzene rings is 1. The third-order valence-corrected chi connectivity index (χ3v) is 6.27. The molecule has 0 bridgehead atoms. The van der Waals surface area contributed by atoms with Gasteiger partial charge in [-0.05, 0) is 65.1 Å². The fraction of sp³-hybridized carbons (Fsp3) is 0.609. The molecule has 0 radical (unpaired) electrons. The van der Waals surface area contributed by atoms with Crippen LogP contribution in [0.1, 0.15) is 58.8 Å². The summed E-state index contributed by atoms with van der Waals surface area (Å²) in [5.74, 6) is 1.01. The molecule has 2 atom stereocenters. The van der Waals surface area contributed by atoms with Gasteiger partial charge in [0.1, 0.15) is 5.60 Å². The maximum atomic E-state index is 12.8. The van der Waals surface area contributed by atoms with Crippen molar-refractivity contribution >= 4 is 17.7 Å². The van der Waals surface area contributed by atoms with E-state index in [1.54, 1.807) is 0 Å². The van der Waals surface area contributed by atoms with Crippen LogP contribution >= 0.6 is 11.6 Å². The summed E-state index contributed by atoms with van der Waals surface area (Å²) in [5.41, 5.74) is 0.250. The van der Waals surface area contributed by atoms with Gasteiger partial charge in [0.05, 0.1) is 23.2 Å². The molecule has 0 unspecified atom stereocenters. The first kappa shape index (κ1) is 22.1. The topological polar surface area (TPSA) is 71.7 Å². The van der Waals surface area contributed by atoms with Crippen molar-refractivity contribution in [1.29, 1.82) is 0 Å². The van der Waals surface area contributed by atoms with Crippen LogP contribution in [0.25, 0.3) is 11.5 Å². The average molecular weight is 447 g/mol. The van der Waals surface area contributed by atoms with Crippen LogP contribution in [0.15, 0.2) is 28.7 Å². The molecule has 0 N–H and O–H groups in total. The summed E-state index contributed by atoms with van der Waals surface area (Å²) in [4.78, 5) is 17.1. The second-order valence-corrected chi connectivity index (χ2v) is 9.80. The molecule has 168 valence electrons. The molecule has 31 heavy (non-hydrogen) atoms. The highest BCUT2D eigenvalue weighted by Gasteiger charge is 2.40. The van der Waals surface area contributed by atoms with Crippen LogP contribution in [-0.4, -0.2) is 56.9 Å². The van der Waals surface area contributed by atoms with E-state index in [0.29, 0.717) is 23.3 Å². The molecule has 4 rings (SSSR count). The van der Waals surface area contributed by atoms with Crippen LogP contribution in [0.4, 0.5) is 4.79 Å². The standard InChI is InChI=1S/C23H31ClN4O3/c1-23(2,3)31-22(29)28-14-8-12-19(28)18-11-6-7-13-27(18)15-20-25-26-21(30-20)16-9-4-5-10-17(16)24/h4-5,9-10,18-19H,6-8,11-15H2,1-3H3/t18-,19+/m1/s1. The van der Waals surface area contributed by atoms with Crippen LogP contribution in [-0.2, 0) is 11.3 Å². The summed E-state index contributed by atoms with van der Waals surface area (Å²) in [6.07, 6.45) is 5.13. The number of hydrogen-bond acceptors (Lipinski definition) is 6. The zero-order chi connectivity index (χ0) is 22.0. The lowest BCUT2D eigenvalue weighted by Gasteiger charge is -2.41. The lowest BCUT2D eigenvalue weighted by atomic mass is 9.94. The van der Waals surface area contributed by atoms with E-state index in [4.69, 9.17) is 20.8 Å². The molecule has 2 fully saturated rings. The molecule has 2 saturated heterocycles.